The zero-order chi connectivity index (χ0) is 75.7. The first-order chi connectivity index (χ1) is 47.4. The number of rotatable bonds is 23. The van der Waals surface area contributed by atoms with E-state index in [1.165, 1.54) is 125 Å². The van der Waals surface area contributed by atoms with Crippen molar-refractivity contribution in [3.63, 3.8) is 0 Å². The normalized spacial score (nSPS) is 32.1. The Morgan fingerprint density at radius 1 is 0.743 bits per heavy atom. The summed E-state index contributed by atoms with van der Waals surface area (Å²) in [6.45, 7) is 22.7. The first kappa shape index (κ1) is 88.6. The van der Waals surface area contributed by atoms with Gasteiger partial charge in [0, 0.05) is 72.7 Å². The number of aliphatic carboxylic acids is 2. The highest BCUT2D eigenvalue weighted by Crippen LogP contribution is 2.48. The van der Waals surface area contributed by atoms with Crippen LogP contribution in [0.3, 0.4) is 0 Å². The quantitative estimate of drug-likeness (QED) is 0.0201. The Morgan fingerprint density at radius 2 is 1.28 bits per heavy atom. The van der Waals surface area contributed by atoms with Crippen LogP contribution in [0.2, 0.25) is 0 Å². The lowest BCUT2D eigenvalue weighted by Gasteiger charge is -2.49. The van der Waals surface area contributed by atoms with Crippen molar-refractivity contribution in [2.45, 2.75) is 286 Å². The fourth-order valence-corrected chi connectivity index (χ4v) is 15.4. The molecule has 0 saturated carbocycles. The highest BCUT2D eigenvalue weighted by molar-refractivity contribution is 7.99. The van der Waals surface area contributed by atoms with E-state index in [0.29, 0.717) is 25.0 Å². The number of hydrogen-bond acceptors (Lipinski definition) is 22. The maximum atomic E-state index is 14.2. The molecule has 0 aliphatic carbocycles. The number of unbranched alkanes of at least 4 members (excludes halogenated alkanes) is 9. The maximum absolute atomic E-state index is 14.2. The third-order valence-corrected chi connectivity index (χ3v) is 21.5. The summed E-state index contributed by atoms with van der Waals surface area (Å²) in [4.78, 5) is 67.2. The van der Waals surface area contributed by atoms with E-state index >= 15 is 0 Å². The number of carbonyl (C=O) groups excluding carboxylic acids is 3. The average Bonchev–Trinajstić information content (AvgIpc) is 0.776. The second kappa shape index (κ2) is 41.8. The molecule has 7 rings (SSSR count). The SMILES string of the molecule is CCC(=O)OC1C(OC2C(C)C(OC3CC(C)(OC)C(O)C(C)O3)C(C)C(=O)OC(CC)C(C)(O)C(O)C(C)C(=O)C(C)CC2(C)O)OC(C)CC1N(C)C.CCCCCCCCCCCCOS(=O)(=O)O.CN1CCC(=C2c3ccccc3Sc3ccccc32)CC1.O=C(O)C=CC(=O)O. The molecule has 0 aromatic heterocycles. The van der Waals surface area contributed by atoms with Gasteiger partial charge in [0.15, 0.2) is 18.7 Å². The molecule has 0 bridgehead atoms. The smallest absolute Gasteiger partial charge is 0.397 e. The monoisotopic (exact) mass is 1460 g/mol. The van der Waals surface area contributed by atoms with Crippen LogP contribution in [0.5, 0.6) is 0 Å². The van der Waals surface area contributed by atoms with Gasteiger partial charge in [-0.3, -0.25) is 18.9 Å². The molecule has 0 amide bonds. The Hall–Kier alpha value is -4.75. The fourth-order valence-electron chi connectivity index (χ4n) is 14.0. The maximum Gasteiger partial charge on any atom is 0.397 e. The number of ether oxygens (including phenoxy) is 7. The molecule has 4 fully saturated rings. The molecule has 4 saturated heterocycles. The summed E-state index contributed by atoms with van der Waals surface area (Å²) < 4.78 is 76.6. The minimum absolute atomic E-state index is 0.0760. The average molecular weight is 1470 g/mol. The lowest BCUT2D eigenvalue weighted by Crippen LogP contribution is -2.61. The Labute approximate surface area is 604 Å². The standard InChI is InChI=1S/C40H71NO14.C19H19NS.C12H26O4S.C4H4O4/c1-15-27-40(11,48)33(44)22(5)30(43)20(3)18-38(9,47)35(55-37-32(53-28(42)16-2)26(41(12)13)17-21(4)50-37)23(6)31(24(7)36(46)52-27)54-29-19-39(10,49-14)34(45)25(8)51-29;1-20-12-10-14(11-13-20)19-15-6-2-4-8-17(15)21-18-9-5-3-7-16(18)19;1-2-3-4-5-6-7-8-9-10-11-12-16-17(13,14)15;5-3(6)1-2-4(7)8/h20-27,29,31-35,37,44-45,47-48H,15-19H2,1-14H3;2-9H,10-13H2,1H3;2-12H2,1H3,(H,13,14,15);1-2H,(H,5,6)(H,7,8). The van der Waals surface area contributed by atoms with Gasteiger partial charge < -0.3 is 73.6 Å². The minimum Gasteiger partial charge on any atom is -0.478 e. The predicted octanol–water partition coefficient (Wildman–Crippen LogP) is 10.9. The topological polar surface area (TPSA) is 341 Å². The third-order valence-electron chi connectivity index (χ3n) is 19.9. The second-order valence-corrected chi connectivity index (χ2v) is 30.8. The van der Waals surface area contributed by atoms with Crippen LogP contribution in [0, 0.1) is 23.7 Å². The molecule has 5 heterocycles. The first-order valence-corrected chi connectivity index (χ1v) is 38.2. The van der Waals surface area contributed by atoms with E-state index in [-0.39, 0.29) is 44.4 Å². The van der Waals surface area contributed by atoms with Gasteiger partial charge in [-0.1, -0.05) is 153 Å². The van der Waals surface area contributed by atoms with Gasteiger partial charge in [-0.2, -0.15) is 8.42 Å². The van der Waals surface area contributed by atoms with Crippen LogP contribution in [-0.4, -0.2) is 215 Å². The number of methoxy groups -OCH3 is 1. The Bertz CT molecular complexity index is 3030. The summed E-state index contributed by atoms with van der Waals surface area (Å²) in [5.41, 5.74) is 1.08. The number of carbonyl (C=O) groups is 5. The summed E-state index contributed by atoms with van der Waals surface area (Å²) in [6, 6.07) is 17.4. The van der Waals surface area contributed by atoms with Crippen LogP contribution >= 0.6 is 11.8 Å². The van der Waals surface area contributed by atoms with Gasteiger partial charge in [-0.25, -0.2) is 13.8 Å². The molecular weight excluding hydrogens is 1340 g/mol. The van der Waals surface area contributed by atoms with Gasteiger partial charge in [-0.15, -0.1) is 0 Å². The van der Waals surface area contributed by atoms with Gasteiger partial charge in [0.25, 0.3) is 0 Å². The van der Waals surface area contributed by atoms with Crippen molar-refractivity contribution in [3.8, 4) is 0 Å². The minimum atomic E-state index is -4.23. The van der Waals surface area contributed by atoms with Crippen LogP contribution in [-0.2, 0) is 71.7 Å². The van der Waals surface area contributed by atoms with Crippen LogP contribution in [0.4, 0.5) is 0 Å². The number of esters is 2. The fraction of sp³-hybridized carbons (Fsp3) is 0.720. The highest BCUT2D eigenvalue weighted by atomic mass is 32.3. The number of fused-ring (bicyclic) bond motifs is 2. The number of piperidine rings is 1. The number of likely N-dealkylation sites (N-methyl/N-ethyl adjacent to an activating group) is 1. The van der Waals surface area contributed by atoms with Crippen molar-refractivity contribution in [3.05, 3.63) is 77.4 Å². The Kier molecular flexibility index (Phi) is 36.7. The van der Waals surface area contributed by atoms with E-state index in [0.717, 1.165) is 12.8 Å². The molecule has 101 heavy (non-hydrogen) atoms. The predicted molar refractivity (Wildman–Crippen MR) is 384 cm³/mol. The largest absolute Gasteiger partial charge is 0.478 e. The molecule has 18 unspecified atom stereocenters. The molecule has 24 nitrogen and oxygen atoms in total. The van der Waals surface area contributed by atoms with Gasteiger partial charge >= 0.3 is 34.3 Å². The summed E-state index contributed by atoms with van der Waals surface area (Å²) >= 11 is 1.91. The van der Waals surface area contributed by atoms with Crippen LogP contribution in [0.1, 0.15) is 203 Å². The Morgan fingerprint density at radius 3 is 1.77 bits per heavy atom. The third kappa shape index (κ3) is 27.0. The number of Topliss-reactive ketones (excluding diaryl/α,β-unsaturated/α-hetero) is 1. The van der Waals surface area contributed by atoms with Crippen molar-refractivity contribution in [2.24, 2.45) is 23.7 Å². The molecule has 0 spiro atoms. The molecule has 18 atom stereocenters. The lowest BCUT2D eigenvalue weighted by atomic mass is 9.74. The molecule has 5 aliphatic rings. The summed E-state index contributed by atoms with van der Waals surface area (Å²) in [6.07, 6.45) is 5.67. The number of nitrogens with zero attached hydrogens (tertiary/aromatic N) is 2. The molecule has 2 aromatic rings. The molecule has 7 N–H and O–H groups in total. The molecule has 5 aliphatic heterocycles. The number of benzene rings is 2. The van der Waals surface area contributed by atoms with Crippen LogP contribution < -0.4 is 0 Å². The zero-order valence-corrected chi connectivity index (χ0v) is 64.2. The van der Waals surface area contributed by atoms with E-state index in [2.05, 4.69) is 71.6 Å². The number of carboxylic acid groups (broad SMARTS) is 2. The summed E-state index contributed by atoms with van der Waals surface area (Å²) in [5, 5.41) is 62.2. The van der Waals surface area contributed by atoms with Gasteiger partial charge in [-0.05, 0) is 130 Å². The number of aliphatic hydroxyl groups excluding tert-OH is 2. The van der Waals surface area contributed by atoms with Gasteiger partial charge in [0.05, 0.1) is 60.3 Å². The lowest BCUT2D eigenvalue weighted by molar-refractivity contribution is -0.319. The van der Waals surface area contributed by atoms with Crippen molar-refractivity contribution in [1.82, 2.24) is 9.80 Å². The van der Waals surface area contributed by atoms with Crippen molar-refractivity contribution < 1.29 is 105 Å². The zero-order valence-electron chi connectivity index (χ0n) is 62.5. The Balaban J connectivity index is 0.000000375. The number of hydrogen-bond donors (Lipinski definition) is 7. The van der Waals surface area contributed by atoms with Crippen LogP contribution in [0.25, 0.3) is 5.57 Å². The molecule has 574 valence electrons. The van der Waals surface area contributed by atoms with Crippen molar-refractivity contribution >= 4 is 57.4 Å². The second-order valence-electron chi connectivity index (χ2n) is 28.6. The summed E-state index contributed by atoms with van der Waals surface area (Å²) in [7, 11) is 3.20. The van der Waals surface area contributed by atoms with Gasteiger partial charge in [0.1, 0.15) is 23.6 Å². The summed E-state index contributed by atoms with van der Waals surface area (Å²) in [5.74, 6) is -8.10. The van der Waals surface area contributed by atoms with Crippen LogP contribution in [0.15, 0.2) is 76.0 Å². The van der Waals surface area contributed by atoms with Gasteiger partial charge in [0.2, 0.25) is 0 Å². The molecule has 26 heteroatoms. The number of ketones is 1. The van der Waals surface area contributed by atoms with E-state index in [4.69, 9.17) is 47.9 Å². The van der Waals surface area contributed by atoms with E-state index in [1.807, 2.05) is 37.7 Å². The highest BCUT2D eigenvalue weighted by Gasteiger charge is 2.54. The van der Waals surface area contributed by atoms with Crippen molar-refractivity contribution in [2.75, 3.05) is 47.9 Å². The van der Waals surface area contributed by atoms with Crippen molar-refractivity contribution in [1.29, 1.82) is 0 Å². The number of carboxylic acids is 2. The number of aliphatic hydroxyl groups is 4. The number of likely N-dealkylation sites (tertiary alicyclic amines) is 1. The van der Waals surface area contributed by atoms with E-state index in [1.54, 1.807) is 54.0 Å². The molecule has 0 radical (unpaired) electrons. The first-order valence-electron chi connectivity index (χ1n) is 36.0. The molecular formula is C75H120N2O22S2. The van der Waals surface area contributed by atoms with E-state index in [9.17, 15) is 52.8 Å². The number of cyclic esters (lactones) is 1. The van der Waals surface area contributed by atoms with E-state index < -0.39 is 136 Å². The molecule has 2 aromatic carbocycles.